The molecule has 1 rings (SSSR count). The second-order valence-electron chi connectivity index (χ2n) is 5.34. The number of nitrogens with one attached hydrogen (secondary N) is 1. The highest BCUT2D eigenvalue weighted by Crippen LogP contribution is 2.03. The Kier molecular flexibility index (Phi) is 7.83. The van der Waals surface area contributed by atoms with Crippen molar-refractivity contribution in [2.45, 2.75) is 33.4 Å². The van der Waals surface area contributed by atoms with Crippen molar-refractivity contribution in [3.63, 3.8) is 0 Å². The molecule has 0 saturated heterocycles. The number of hydrogen-bond donors (Lipinski definition) is 1. The highest BCUT2D eigenvalue weighted by molar-refractivity contribution is 5.79. The van der Waals surface area contributed by atoms with Crippen molar-refractivity contribution in [3.8, 4) is 0 Å². The lowest BCUT2D eigenvalue weighted by molar-refractivity contribution is 0.230. The second-order valence-corrected chi connectivity index (χ2v) is 5.34. The van der Waals surface area contributed by atoms with Crippen LogP contribution in [0.15, 0.2) is 35.3 Å². The van der Waals surface area contributed by atoms with Crippen molar-refractivity contribution in [2.75, 3.05) is 33.7 Å². The standard InChI is InChI=1S/C17H30N4/c1-6-21(7-2)15(3)13-19-17(18-4)20(5)14-16-11-9-8-10-12-16/h8-12,15H,6-7,13-14H2,1-5H3,(H,18,19). The van der Waals surface area contributed by atoms with Crippen LogP contribution < -0.4 is 5.32 Å². The molecule has 0 heterocycles. The van der Waals surface area contributed by atoms with E-state index >= 15 is 0 Å². The molecule has 0 aliphatic rings. The average molecular weight is 290 g/mol. The van der Waals surface area contributed by atoms with Crippen LogP contribution in [0.5, 0.6) is 0 Å². The summed E-state index contributed by atoms with van der Waals surface area (Å²) in [7, 11) is 3.91. The molecule has 1 aromatic carbocycles. The Hall–Kier alpha value is -1.55. The zero-order chi connectivity index (χ0) is 15.7. The van der Waals surface area contributed by atoms with E-state index in [1.807, 2.05) is 13.1 Å². The minimum absolute atomic E-state index is 0.502. The molecule has 1 N–H and O–H groups in total. The number of benzene rings is 1. The summed E-state index contributed by atoms with van der Waals surface area (Å²) in [6.45, 7) is 10.6. The molecule has 1 unspecified atom stereocenters. The van der Waals surface area contributed by atoms with Crippen molar-refractivity contribution in [1.82, 2.24) is 15.1 Å². The van der Waals surface area contributed by atoms with Gasteiger partial charge in [0.05, 0.1) is 0 Å². The topological polar surface area (TPSA) is 30.9 Å². The first-order valence-electron chi connectivity index (χ1n) is 7.82. The van der Waals surface area contributed by atoms with Gasteiger partial charge in [0.1, 0.15) is 0 Å². The van der Waals surface area contributed by atoms with E-state index in [0.717, 1.165) is 32.1 Å². The summed E-state index contributed by atoms with van der Waals surface area (Å²) >= 11 is 0. The van der Waals surface area contributed by atoms with Gasteiger partial charge in [-0.05, 0) is 25.6 Å². The largest absolute Gasteiger partial charge is 0.355 e. The number of rotatable bonds is 7. The van der Waals surface area contributed by atoms with E-state index in [0.29, 0.717) is 6.04 Å². The Bertz CT molecular complexity index is 412. The zero-order valence-electron chi connectivity index (χ0n) is 14.1. The third-order valence-electron chi connectivity index (χ3n) is 3.83. The molecule has 0 aliphatic carbocycles. The van der Waals surface area contributed by atoms with Gasteiger partial charge in [-0.2, -0.15) is 0 Å². The first kappa shape index (κ1) is 17.5. The molecule has 0 radical (unpaired) electrons. The molecule has 118 valence electrons. The first-order chi connectivity index (χ1) is 10.1. The smallest absolute Gasteiger partial charge is 0.193 e. The lowest BCUT2D eigenvalue weighted by Gasteiger charge is -2.29. The molecular weight excluding hydrogens is 260 g/mol. The van der Waals surface area contributed by atoms with Gasteiger partial charge < -0.3 is 10.2 Å². The summed E-state index contributed by atoms with van der Waals surface area (Å²) in [6.07, 6.45) is 0. The fourth-order valence-corrected chi connectivity index (χ4v) is 2.53. The van der Waals surface area contributed by atoms with Gasteiger partial charge in [-0.15, -0.1) is 0 Å². The second kappa shape index (κ2) is 9.40. The van der Waals surface area contributed by atoms with Gasteiger partial charge in [0, 0.05) is 33.2 Å². The molecule has 0 fully saturated rings. The maximum Gasteiger partial charge on any atom is 0.193 e. The Morgan fingerprint density at radius 3 is 2.33 bits per heavy atom. The van der Waals surface area contributed by atoms with Crippen molar-refractivity contribution in [3.05, 3.63) is 35.9 Å². The van der Waals surface area contributed by atoms with E-state index in [1.54, 1.807) is 0 Å². The van der Waals surface area contributed by atoms with Crippen molar-refractivity contribution >= 4 is 5.96 Å². The predicted molar refractivity (Wildman–Crippen MR) is 91.7 cm³/mol. The summed E-state index contributed by atoms with van der Waals surface area (Å²) in [5.74, 6) is 0.942. The Balaban J connectivity index is 2.51. The van der Waals surface area contributed by atoms with E-state index in [1.165, 1.54) is 5.56 Å². The third kappa shape index (κ3) is 5.76. The summed E-state index contributed by atoms with van der Waals surface area (Å²) in [6, 6.07) is 11.0. The maximum atomic E-state index is 4.38. The van der Waals surface area contributed by atoms with Crippen LogP contribution in [0, 0.1) is 0 Å². The van der Waals surface area contributed by atoms with Crippen LogP contribution in [0.4, 0.5) is 0 Å². The van der Waals surface area contributed by atoms with Crippen molar-refractivity contribution in [2.24, 2.45) is 4.99 Å². The predicted octanol–water partition coefficient (Wildman–Crippen LogP) is 2.42. The van der Waals surface area contributed by atoms with E-state index in [2.05, 4.69) is 72.2 Å². The summed E-state index contributed by atoms with van der Waals surface area (Å²) in [5.41, 5.74) is 1.29. The quantitative estimate of drug-likeness (QED) is 0.618. The van der Waals surface area contributed by atoms with Gasteiger partial charge in [0.25, 0.3) is 0 Å². The van der Waals surface area contributed by atoms with Gasteiger partial charge in [-0.25, -0.2) is 0 Å². The Morgan fingerprint density at radius 1 is 1.19 bits per heavy atom. The summed E-state index contributed by atoms with van der Waals surface area (Å²) < 4.78 is 0. The molecule has 0 aliphatic heterocycles. The van der Waals surface area contributed by atoms with Crippen LogP contribution in [0.1, 0.15) is 26.3 Å². The van der Waals surface area contributed by atoms with E-state index in [-0.39, 0.29) is 0 Å². The van der Waals surface area contributed by atoms with Gasteiger partial charge in [-0.3, -0.25) is 9.89 Å². The first-order valence-corrected chi connectivity index (χ1v) is 7.82. The fraction of sp³-hybridized carbons (Fsp3) is 0.588. The number of likely N-dealkylation sites (N-methyl/N-ethyl adjacent to an activating group) is 1. The monoisotopic (exact) mass is 290 g/mol. The molecule has 1 atom stereocenters. The molecule has 0 bridgehead atoms. The van der Waals surface area contributed by atoms with Gasteiger partial charge in [-0.1, -0.05) is 44.2 Å². The zero-order valence-corrected chi connectivity index (χ0v) is 14.1. The fourth-order valence-electron chi connectivity index (χ4n) is 2.53. The van der Waals surface area contributed by atoms with E-state index < -0.39 is 0 Å². The molecule has 1 aromatic rings. The number of guanidine groups is 1. The van der Waals surface area contributed by atoms with Crippen molar-refractivity contribution < 1.29 is 0 Å². The summed E-state index contributed by atoms with van der Waals surface area (Å²) in [4.78, 5) is 8.98. The molecular formula is C17H30N4. The number of nitrogens with zero attached hydrogens (tertiary/aromatic N) is 3. The van der Waals surface area contributed by atoms with Crippen LogP contribution in [0.3, 0.4) is 0 Å². The third-order valence-corrected chi connectivity index (χ3v) is 3.83. The number of hydrogen-bond acceptors (Lipinski definition) is 2. The minimum atomic E-state index is 0.502. The normalized spacial score (nSPS) is 13.3. The van der Waals surface area contributed by atoms with Crippen LogP contribution in [-0.2, 0) is 6.54 Å². The molecule has 0 spiro atoms. The van der Waals surface area contributed by atoms with Gasteiger partial charge in [0.15, 0.2) is 5.96 Å². The van der Waals surface area contributed by atoms with Crippen molar-refractivity contribution in [1.29, 1.82) is 0 Å². The highest BCUT2D eigenvalue weighted by Gasteiger charge is 2.12. The van der Waals surface area contributed by atoms with E-state index in [9.17, 15) is 0 Å². The Labute approximate surface area is 129 Å². The minimum Gasteiger partial charge on any atom is -0.355 e. The average Bonchev–Trinajstić information content (AvgIpc) is 2.50. The lowest BCUT2D eigenvalue weighted by Crippen LogP contribution is -2.46. The molecule has 0 amide bonds. The van der Waals surface area contributed by atoms with E-state index in [4.69, 9.17) is 0 Å². The number of aliphatic imine (C=N–C) groups is 1. The van der Waals surface area contributed by atoms with Gasteiger partial charge >= 0.3 is 0 Å². The molecule has 21 heavy (non-hydrogen) atoms. The maximum absolute atomic E-state index is 4.38. The molecule has 0 aromatic heterocycles. The van der Waals surface area contributed by atoms with Crippen LogP contribution in [-0.4, -0.2) is 55.5 Å². The Morgan fingerprint density at radius 2 is 1.81 bits per heavy atom. The highest BCUT2D eigenvalue weighted by atomic mass is 15.3. The van der Waals surface area contributed by atoms with Crippen LogP contribution in [0.25, 0.3) is 0 Å². The van der Waals surface area contributed by atoms with Gasteiger partial charge in [0.2, 0.25) is 0 Å². The molecule has 0 saturated carbocycles. The van der Waals surface area contributed by atoms with Crippen LogP contribution in [0.2, 0.25) is 0 Å². The lowest BCUT2D eigenvalue weighted by atomic mass is 10.2. The molecule has 4 heteroatoms. The van der Waals surface area contributed by atoms with Crippen LogP contribution >= 0.6 is 0 Å². The summed E-state index contributed by atoms with van der Waals surface area (Å²) in [5, 5.41) is 3.47. The molecule has 4 nitrogen and oxygen atoms in total. The SMILES string of the molecule is CCN(CC)C(C)CNC(=NC)N(C)Cc1ccccc1.